The van der Waals surface area contributed by atoms with Gasteiger partial charge in [-0.15, -0.1) is 12.6 Å². The quantitative estimate of drug-likeness (QED) is 0.619. The number of thiol groups is 1. The van der Waals surface area contributed by atoms with Crippen LogP contribution in [0.2, 0.25) is 0 Å². The highest BCUT2D eigenvalue weighted by Gasteiger charge is 2.25. The molecule has 0 fully saturated rings. The van der Waals surface area contributed by atoms with Gasteiger partial charge in [0.2, 0.25) is 0 Å². The maximum atomic E-state index is 11.8. The number of alkyl halides is 3. The van der Waals surface area contributed by atoms with Gasteiger partial charge in [-0.3, -0.25) is 0 Å². The van der Waals surface area contributed by atoms with E-state index in [-0.39, 0.29) is 13.0 Å². The van der Waals surface area contributed by atoms with Crippen molar-refractivity contribution in [3.63, 3.8) is 0 Å². The summed E-state index contributed by atoms with van der Waals surface area (Å²) in [5, 5.41) is 0. The van der Waals surface area contributed by atoms with Gasteiger partial charge >= 0.3 is 6.18 Å². The topological polar surface area (TPSA) is 9.23 Å². The average molecular weight is 236 g/mol. The van der Waals surface area contributed by atoms with Crippen LogP contribution in [0, 0.1) is 0 Å². The summed E-state index contributed by atoms with van der Waals surface area (Å²) in [4.78, 5) is 0.725. The first-order valence-electron chi connectivity index (χ1n) is 4.46. The maximum Gasteiger partial charge on any atom is 0.389 e. The van der Waals surface area contributed by atoms with Crippen LogP contribution in [-0.4, -0.2) is 12.8 Å². The average Bonchev–Trinajstić information content (AvgIpc) is 2.11. The number of rotatable bonds is 4. The summed E-state index contributed by atoms with van der Waals surface area (Å²) in [6.07, 6.45) is -4.94. The summed E-state index contributed by atoms with van der Waals surface area (Å²) in [5.41, 5.74) is 0. The van der Waals surface area contributed by atoms with Crippen molar-refractivity contribution in [3.8, 4) is 5.75 Å². The molecule has 0 bridgehead atoms. The second kappa shape index (κ2) is 5.30. The van der Waals surface area contributed by atoms with E-state index in [1.54, 1.807) is 24.3 Å². The van der Waals surface area contributed by atoms with E-state index < -0.39 is 12.6 Å². The molecule has 0 aromatic heterocycles. The van der Waals surface area contributed by atoms with E-state index in [1.807, 2.05) is 0 Å². The first-order chi connectivity index (χ1) is 6.97. The van der Waals surface area contributed by atoms with Crippen LogP contribution < -0.4 is 4.74 Å². The van der Waals surface area contributed by atoms with Crippen molar-refractivity contribution in [1.82, 2.24) is 0 Å². The van der Waals surface area contributed by atoms with E-state index in [2.05, 4.69) is 12.6 Å². The van der Waals surface area contributed by atoms with Gasteiger partial charge in [0.1, 0.15) is 5.75 Å². The lowest BCUT2D eigenvalue weighted by molar-refractivity contribution is -0.136. The van der Waals surface area contributed by atoms with Gasteiger partial charge in [-0.1, -0.05) is 6.07 Å². The van der Waals surface area contributed by atoms with Crippen LogP contribution in [0.15, 0.2) is 29.2 Å². The van der Waals surface area contributed by atoms with Crippen LogP contribution in [0.25, 0.3) is 0 Å². The zero-order chi connectivity index (χ0) is 11.3. The lowest BCUT2D eigenvalue weighted by Crippen LogP contribution is -2.09. The summed E-state index contributed by atoms with van der Waals surface area (Å²) in [6, 6.07) is 6.86. The van der Waals surface area contributed by atoms with Crippen molar-refractivity contribution in [2.24, 2.45) is 0 Å². The van der Waals surface area contributed by atoms with E-state index in [9.17, 15) is 13.2 Å². The number of ether oxygens (including phenoxy) is 1. The molecule has 0 aliphatic heterocycles. The summed E-state index contributed by atoms with van der Waals surface area (Å²) in [5.74, 6) is 0.546. The first kappa shape index (κ1) is 12.2. The zero-order valence-corrected chi connectivity index (χ0v) is 8.81. The molecule has 5 heteroatoms. The molecule has 0 unspecified atom stereocenters. The molecule has 15 heavy (non-hydrogen) atoms. The van der Waals surface area contributed by atoms with Crippen molar-refractivity contribution in [2.45, 2.75) is 23.9 Å². The highest BCUT2D eigenvalue weighted by molar-refractivity contribution is 7.80. The molecule has 1 aromatic rings. The highest BCUT2D eigenvalue weighted by atomic mass is 32.1. The molecule has 0 N–H and O–H groups in total. The molecule has 0 atom stereocenters. The van der Waals surface area contributed by atoms with E-state index in [1.165, 1.54) is 0 Å². The minimum absolute atomic E-state index is 0.0275. The Morgan fingerprint density at radius 3 is 2.60 bits per heavy atom. The predicted molar refractivity (Wildman–Crippen MR) is 54.5 cm³/mol. The van der Waals surface area contributed by atoms with E-state index in [4.69, 9.17) is 4.74 Å². The minimum Gasteiger partial charge on any atom is -0.494 e. The fourth-order valence-electron chi connectivity index (χ4n) is 1.04. The zero-order valence-electron chi connectivity index (χ0n) is 7.92. The Balaban J connectivity index is 2.26. The Morgan fingerprint density at radius 2 is 2.00 bits per heavy atom. The molecule has 0 saturated heterocycles. The number of hydrogen-bond donors (Lipinski definition) is 1. The Bertz CT molecular complexity index is 312. The Morgan fingerprint density at radius 1 is 1.27 bits per heavy atom. The van der Waals surface area contributed by atoms with Crippen molar-refractivity contribution in [2.75, 3.05) is 6.61 Å². The molecule has 0 radical (unpaired) electrons. The molecule has 1 nitrogen and oxygen atoms in total. The van der Waals surface area contributed by atoms with Crippen LogP contribution in [0.3, 0.4) is 0 Å². The van der Waals surface area contributed by atoms with Crippen LogP contribution >= 0.6 is 12.6 Å². The smallest absolute Gasteiger partial charge is 0.389 e. The van der Waals surface area contributed by atoms with Crippen molar-refractivity contribution in [1.29, 1.82) is 0 Å². The molecule has 0 aliphatic rings. The third-order valence-corrected chi connectivity index (χ3v) is 1.97. The fourth-order valence-corrected chi connectivity index (χ4v) is 1.25. The van der Waals surface area contributed by atoms with Crippen LogP contribution in [-0.2, 0) is 0 Å². The van der Waals surface area contributed by atoms with Gasteiger partial charge in [-0.05, 0) is 24.6 Å². The van der Waals surface area contributed by atoms with Crippen LogP contribution in [0.4, 0.5) is 13.2 Å². The van der Waals surface area contributed by atoms with Gasteiger partial charge in [0.05, 0.1) is 6.61 Å². The van der Waals surface area contributed by atoms with Gasteiger partial charge in [-0.2, -0.15) is 13.2 Å². The molecule has 0 aliphatic carbocycles. The Hall–Kier alpha value is -0.840. The summed E-state index contributed by atoms with van der Waals surface area (Å²) in [7, 11) is 0. The van der Waals surface area contributed by atoms with Crippen molar-refractivity contribution in [3.05, 3.63) is 24.3 Å². The summed E-state index contributed by atoms with van der Waals surface area (Å²) >= 11 is 4.09. The van der Waals surface area contributed by atoms with Crippen LogP contribution in [0.1, 0.15) is 12.8 Å². The molecule has 1 aromatic carbocycles. The largest absolute Gasteiger partial charge is 0.494 e. The Kier molecular flexibility index (Phi) is 4.32. The molecule has 0 heterocycles. The van der Waals surface area contributed by atoms with Gasteiger partial charge in [-0.25, -0.2) is 0 Å². The van der Waals surface area contributed by atoms with E-state index >= 15 is 0 Å². The number of halogens is 3. The molecule has 0 amide bonds. The SMILES string of the molecule is FC(F)(F)CCCOc1cccc(S)c1. The monoisotopic (exact) mass is 236 g/mol. The number of hydrogen-bond acceptors (Lipinski definition) is 2. The summed E-state index contributed by atoms with van der Waals surface area (Å²) < 4.78 is 40.5. The third-order valence-electron chi connectivity index (χ3n) is 1.69. The third kappa shape index (κ3) is 5.57. The molecule has 1 rings (SSSR count). The predicted octanol–water partition coefficient (Wildman–Crippen LogP) is 3.70. The molecular weight excluding hydrogens is 225 g/mol. The normalized spacial score (nSPS) is 11.5. The maximum absolute atomic E-state index is 11.8. The second-order valence-corrected chi connectivity index (χ2v) is 3.58. The van der Waals surface area contributed by atoms with E-state index in [0.29, 0.717) is 5.75 Å². The molecule has 0 saturated carbocycles. The number of benzene rings is 1. The fraction of sp³-hybridized carbons (Fsp3) is 0.400. The highest BCUT2D eigenvalue weighted by Crippen LogP contribution is 2.22. The molecular formula is C10H11F3OS. The van der Waals surface area contributed by atoms with E-state index in [0.717, 1.165) is 4.90 Å². The minimum atomic E-state index is -4.10. The Labute approximate surface area is 91.7 Å². The first-order valence-corrected chi connectivity index (χ1v) is 4.91. The van der Waals surface area contributed by atoms with Gasteiger partial charge in [0.15, 0.2) is 0 Å². The van der Waals surface area contributed by atoms with Crippen molar-refractivity contribution < 1.29 is 17.9 Å². The second-order valence-electron chi connectivity index (χ2n) is 3.06. The molecule has 84 valence electrons. The lowest BCUT2D eigenvalue weighted by atomic mass is 10.3. The lowest BCUT2D eigenvalue weighted by Gasteiger charge is -2.08. The van der Waals surface area contributed by atoms with Crippen LogP contribution in [0.5, 0.6) is 5.75 Å². The van der Waals surface area contributed by atoms with Crippen molar-refractivity contribution >= 4 is 12.6 Å². The van der Waals surface area contributed by atoms with Gasteiger partial charge in [0, 0.05) is 11.3 Å². The summed E-state index contributed by atoms with van der Waals surface area (Å²) in [6.45, 7) is 0.0662. The molecule has 0 spiro atoms. The standard InChI is InChI=1S/C10H11F3OS/c11-10(12,13)5-2-6-14-8-3-1-4-9(15)7-8/h1,3-4,7,15H,2,5-6H2. The van der Waals surface area contributed by atoms with Gasteiger partial charge in [0.25, 0.3) is 0 Å². The van der Waals surface area contributed by atoms with Gasteiger partial charge < -0.3 is 4.74 Å².